The van der Waals surface area contributed by atoms with E-state index in [0.29, 0.717) is 5.75 Å². The van der Waals surface area contributed by atoms with Crippen LogP contribution in [0.5, 0.6) is 17.2 Å². The largest absolute Gasteiger partial charge is 0.508 e. The van der Waals surface area contributed by atoms with Gasteiger partial charge in [0.1, 0.15) is 64.3 Å². The van der Waals surface area contributed by atoms with Gasteiger partial charge in [-0.3, -0.25) is 0 Å². The maximum absolute atomic E-state index is 12.4. The highest BCUT2D eigenvalue weighted by Gasteiger charge is 2.53. The standard InChI is InChI=1S/C68H51B6NO2S/c1-67(2)46-22-7-3-17-40(46)43-30-29-37(33-50(43)67)75(36-16-13-15-35(31-36)39-21-14-28-54-55(39)44-20-6-12-27-53(44)78-54)38-32-45(56-59(69)58-57(61(71)60(56)70)62(72)63(73)64(74)65(58)76)66-51(34-38)68(49-25-10-11-26-52(49)77-66)47-23-8-4-18-41(47)42-19-5-9-24-48(42)68/h3-4,6-8,10-28,31-34,76H,29-30,69-74H2,1-2H3. The molecule has 0 saturated carbocycles. The molecule has 0 saturated heterocycles. The van der Waals surface area contributed by atoms with E-state index in [-0.39, 0.29) is 5.41 Å². The molecule has 78 heavy (non-hydrogen) atoms. The Morgan fingerprint density at radius 1 is 0.538 bits per heavy atom. The van der Waals surface area contributed by atoms with Gasteiger partial charge >= 0.3 is 0 Å². The summed E-state index contributed by atoms with van der Waals surface area (Å²) in [7, 11) is 13.1. The molecule has 5 aliphatic rings. The van der Waals surface area contributed by atoms with Crippen LogP contribution >= 0.6 is 11.3 Å². The molecular formula is C68H51B6NO2S. The second kappa shape index (κ2) is 16.9. The average molecular weight is 1010 g/mol. The average Bonchev–Trinajstić information content (AvgIpc) is 3.78. The minimum Gasteiger partial charge on any atom is -0.508 e. The molecule has 0 bridgehead atoms. The summed E-state index contributed by atoms with van der Waals surface area (Å²) < 4.78 is 10.1. The van der Waals surface area contributed by atoms with E-state index < -0.39 is 5.41 Å². The molecule has 4 aliphatic carbocycles. The van der Waals surface area contributed by atoms with Crippen LogP contribution in [-0.4, -0.2) is 52.2 Å². The molecule has 10 aromatic rings. The quantitative estimate of drug-likeness (QED) is 0.144. The highest BCUT2D eigenvalue weighted by molar-refractivity contribution is 7.26. The topological polar surface area (TPSA) is 32.7 Å². The number of phenolic OH excluding ortho intramolecular Hbond substituents is 1. The Morgan fingerprint density at radius 3 is 2.08 bits per heavy atom. The van der Waals surface area contributed by atoms with Crippen molar-refractivity contribution in [1.29, 1.82) is 0 Å². The van der Waals surface area contributed by atoms with E-state index >= 15 is 0 Å². The smallest absolute Gasteiger partial charge is 0.143 e. The van der Waals surface area contributed by atoms with Gasteiger partial charge in [-0.1, -0.05) is 167 Å². The summed E-state index contributed by atoms with van der Waals surface area (Å²) >= 11 is 1.86. The lowest BCUT2D eigenvalue weighted by atomic mass is 9.61. The number of para-hydroxylation sites is 1. The molecule has 1 aromatic heterocycles. The first-order chi connectivity index (χ1) is 37.9. The van der Waals surface area contributed by atoms with Gasteiger partial charge in [0.05, 0.1) is 5.41 Å². The maximum atomic E-state index is 12.4. The second-order valence-electron chi connectivity index (χ2n) is 22.8. The number of nitrogens with zero attached hydrogens (tertiary/aromatic N) is 1. The summed E-state index contributed by atoms with van der Waals surface area (Å²) in [6, 6.07) is 56.4. The monoisotopic (exact) mass is 1010 g/mol. The third kappa shape index (κ3) is 6.26. The first-order valence-electron chi connectivity index (χ1n) is 27.4. The number of benzene rings is 9. The minimum absolute atomic E-state index is 0.193. The Hall–Kier alpha value is -8.23. The van der Waals surface area contributed by atoms with Crippen molar-refractivity contribution >= 4 is 145 Å². The first-order valence-corrected chi connectivity index (χ1v) is 28.2. The fourth-order valence-electron chi connectivity index (χ4n) is 14.8. The molecule has 1 spiro atoms. The summed E-state index contributed by atoms with van der Waals surface area (Å²) in [6.07, 6.45) is 8.58. The van der Waals surface area contributed by atoms with Gasteiger partial charge in [-0.25, -0.2) is 0 Å². The lowest BCUT2D eigenvalue weighted by Gasteiger charge is -2.42. The molecule has 1 atom stereocenters. The number of ether oxygens (including phenoxy) is 1. The molecule has 364 valence electrons. The van der Waals surface area contributed by atoms with Crippen molar-refractivity contribution in [3.63, 3.8) is 0 Å². The third-order valence-electron chi connectivity index (χ3n) is 18.7. The van der Waals surface area contributed by atoms with Crippen molar-refractivity contribution in [1.82, 2.24) is 0 Å². The molecule has 3 nitrogen and oxygen atoms in total. The lowest BCUT2D eigenvalue weighted by Crippen LogP contribution is -2.45. The van der Waals surface area contributed by atoms with Gasteiger partial charge in [0, 0.05) is 64.7 Å². The van der Waals surface area contributed by atoms with Crippen LogP contribution in [0.15, 0.2) is 198 Å². The molecule has 10 heteroatoms. The SMILES string of the molecule is Bc1c(B)c(O)c2c(B)c(-c3cc(N(C4=CC5=C(CC4)c4ccccc4C5(C)C)c4cccc(-c5cccc6sc7ccccc7c56)c4)cc4c3Oc3ccccc3C43C4=C(C=C=C=C4)c4ccccc43)c(B)c(B)c2c1B. The predicted molar refractivity (Wildman–Crippen MR) is 347 cm³/mol. The minimum atomic E-state index is -0.790. The molecule has 2 heterocycles. The van der Waals surface area contributed by atoms with Crippen LogP contribution in [0.4, 0.5) is 11.4 Å². The van der Waals surface area contributed by atoms with Crippen molar-refractivity contribution < 1.29 is 9.84 Å². The number of thiophene rings is 1. The van der Waals surface area contributed by atoms with E-state index in [4.69, 9.17) is 4.74 Å². The van der Waals surface area contributed by atoms with Crippen LogP contribution in [0.2, 0.25) is 0 Å². The van der Waals surface area contributed by atoms with Gasteiger partial charge in [-0.15, -0.1) is 11.3 Å². The third-order valence-corrected chi connectivity index (χ3v) is 19.9. The number of phenols is 1. The van der Waals surface area contributed by atoms with E-state index in [1.807, 2.05) is 11.3 Å². The van der Waals surface area contributed by atoms with Gasteiger partial charge in [-0.2, -0.15) is 0 Å². The number of hydrogen-bond donors (Lipinski definition) is 1. The summed E-state index contributed by atoms with van der Waals surface area (Å²) in [5.41, 5.74) is 32.7. The Morgan fingerprint density at radius 2 is 1.23 bits per heavy atom. The Bertz CT molecular complexity index is 4640. The van der Waals surface area contributed by atoms with E-state index in [9.17, 15) is 5.11 Å². The number of anilines is 2. The number of allylic oxidation sites excluding steroid dienone is 8. The van der Waals surface area contributed by atoms with Gasteiger partial charge in [0.15, 0.2) is 0 Å². The van der Waals surface area contributed by atoms with Crippen LogP contribution < -0.4 is 42.4 Å². The number of rotatable bonds is 5. The number of hydrogen-bond acceptors (Lipinski definition) is 4. The zero-order valence-corrected chi connectivity index (χ0v) is 46.1. The molecule has 15 rings (SSSR count). The van der Waals surface area contributed by atoms with E-state index in [0.717, 1.165) is 102 Å². The molecule has 0 radical (unpaired) electrons. The Balaban J connectivity index is 1.08. The van der Waals surface area contributed by atoms with E-state index in [1.54, 1.807) is 0 Å². The lowest BCUT2D eigenvalue weighted by molar-refractivity contribution is 0.437. The van der Waals surface area contributed by atoms with Crippen molar-refractivity contribution in [2.75, 3.05) is 4.90 Å². The molecule has 1 N–H and O–H groups in total. The summed E-state index contributed by atoms with van der Waals surface area (Å²) in [4.78, 5) is 2.58. The molecule has 9 aromatic carbocycles. The molecule has 0 fully saturated rings. The maximum Gasteiger partial charge on any atom is 0.143 e. The van der Waals surface area contributed by atoms with Gasteiger partial charge in [-0.05, 0) is 140 Å². The van der Waals surface area contributed by atoms with Gasteiger partial charge < -0.3 is 14.7 Å². The normalized spacial score (nSPS) is 17.0. The summed E-state index contributed by atoms with van der Waals surface area (Å²) in [6.45, 7) is 4.80. The van der Waals surface area contributed by atoms with Crippen LogP contribution in [-0.2, 0) is 10.8 Å². The first kappa shape index (κ1) is 47.0. The fourth-order valence-corrected chi connectivity index (χ4v) is 15.9. The van der Waals surface area contributed by atoms with Crippen molar-refractivity contribution in [3.05, 3.63) is 232 Å². The zero-order chi connectivity index (χ0) is 53.1. The fraction of sp³-hybridized carbons (Fsp3) is 0.0882. The van der Waals surface area contributed by atoms with E-state index in [2.05, 4.69) is 247 Å². The second-order valence-corrected chi connectivity index (χ2v) is 23.8. The molecule has 1 unspecified atom stereocenters. The van der Waals surface area contributed by atoms with Crippen LogP contribution in [0, 0.1) is 0 Å². The molecule has 1 aliphatic heterocycles. The van der Waals surface area contributed by atoms with Crippen LogP contribution in [0.1, 0.15) is 60.1 Å². The van der Waals surface area contributed by atoms with Gasteiger partial charge in [0.2, 0.25) is 0 Å². The number of fused-ring (bicyclic) bond motifs is 14. The Kier molecular flexibility index (Phi) is 10.2. The molecular weight excluding hydrogens is 960 g/mol. The van der Waals surface area contributed by atoms with Crippen molar-refractivity contribution in [3.8, 4) is 39.5 Å². The van der Waals surface area contributed by atoms with Crippen LogP contribution in [0.25, 0.3) is 64.3 Å². The van der Waals surface area contributed by atoms with Gasteiger partial charge in [0.25, 0.3) is 0 Å². The predicted octanol–water partition coefficient (Wildman–Crippen LogP) is 7.45. The summed E-state index contributed by atoms with van der Waals surface area (Å²) in [5.74, 6) is 1.99. The number of aromatic hydroxyl groups is 1. The Labute approximate surface area is 465 Å². The highest BCUT2D eigenvalue weighted by Crippen LogP contribution is 2.64. The van der Waals surface area contributed by atoms with E-state index in [1.165, 1.54) is 81.3 Å². The van der Waals surface area contributed by atoms with Crippen molar-refractivity contribution in [2.24, 2.45) is 0 Å². The molecule has 0 amide bonds. The van der Waals surface area contributed by atoms with Crippen molar-refractivity contribution in [2.45, 2.75) is 37.5 Å². The summed E-state index contributed by atoms with van der Waals surface area (Å²) in [5, 5.41) is 17.0. The highest BCUT2D eigenvalue weighted by atomic mass is 32.1. The zero-order valence-electron chi connectivity index (χ0n) is 45.3. The van der Waals surface area contributed by atoms with Crippen LogP contribution in [0.3, 0.4) is 0 Å².